The summed E-state index contributed by atoms with van der Waals surface area (Å²) in [5.41, 5.74) is 1.43. The number of anilines is 1. The highest BCUT2D eigenvalue weighted by Crippen LogP contribution is 2.35. The van der Waals surface area contributed by atoms with Gasteiger partial charge in [0.25, 0.3) is 0 Å². The summed E-state index contributed by atoms with van der Waals surface area (Å²) in [6.45, 7) is 7.06. The number of carbonyl (C=O) groups is 2. The lowest BCUT2D eigenvalue weighted by Gasteiger charge is -2.31. The maximum atomic E-state index is 13.0. The van der Waals surface area contributed by atoms with Crippen molar-refractivity contribution in [1.82, 2.24) is 14.5 Å². The van der Waals surface area contributed by atoms with Crippen molar-refractivity contribution in [2.45, 2.75) is 39.2 Å². The maximum absolute atomic E-state index is 13.0. The minimum atomic E-state index is -0.648. The van der Waals surface area contributed by atoms with Crippen molar-refractivity contribution < 1.29 is 14.3 Å². The summed E-state index contributed by atoms with van der Waals surface area (Å²) in [6.07, 6.45) is 3.53. The van der Waals surface area contributed by atoms with E-state index < -0.39 is 11.7 Å². The first-order chi connectivity index (χ1) is 13.8. The van der Waals surface area contributed by atoms with E-state index in [2.05, 4.69) is 14.9 Å². The van der Waals surface area contributed by atoms with Crippen LogP contribution < -0.4 is 4.90 Å². The van der Waals surface area contributed by atoms with E-state index in [1.807, 2.05) is 39.0 Å². The van der Waals surface area contributed by atoms with Gasteiger partial charge in [0.2, 0.25) is 0 Å². The van der Waals surface area contributed by atoms with Crippen molar-refractivity contribution in [1.29, 1.82) is 0 Å². The Morgan fingerprint density at radius 2 is 1.97 bits per heavy atom. The Bertz CT molecular complexity index is 1090. The molecular weight excluding hydrogens is 392 g/mol. The SMILES string of the molecule is CC(C)(C)OC(=O)n1c2cc(N3CCC(C=O)CC3)ccc2c2c(Cl)ncnc21. The van der Waals surface area contributed by atoms with Crippen LogP contribution in [0.25, 0.3) is 21.9 Å². The minimum Gasteiger partial charge on any atom is -0.443 e. The summed E-state index contributed by atoms with van der Waals surface area (Å²) in [5.74, 6) is 0.122. The zero-order valence-electron chi connectivity index (χ0n) is 16.7. The number of rotatable bonds is 2. The second-order valence-electron chi connectivity index (χ2n) is 8.34. The monoisotopic (exact) mass is 414 g/mol. The van der Waals surface area contributed by atoms with Gasteiger partial charge < -0.3 is 14.4 Å². The Labute approximate surface area is 173 Å². The molecule has 0 radical (unpaired) electrons. The molecule has 3 aromatic rings. The summed E-state index contributed by atoms with van der Waals surface area (Å²) in [7, 11) is 0. The van der Waals surface area contributed by atoms with Gasteiger partial charge in [-0.25, -0.2) is 19.3 Å². The van der Waals surface area contributed by atoms with Gasteiger partial charge in [0, 0.05) is 30.1 Å². The number of benzene rings is 1. The van der Waals surface area contributed by atoms with E-state index in [9.17, 15) is 9.59 Å². The fourth-order valence-corrected chi connectivity index (χ4v) is 4.00. The van der Waals surface area contributed by atoms with Gasteiger partial charge in [-0.05, 0) is 51.8 Å². The predicted octanol–water partition coefficient (Wildman–Crippen LogP) is 4.44. The Morgan fingerprint density at radius 1 is 1.24 bits per heavy atom. The van der Waals surface area contributed by atoms with Crippen molar-refractivity contribution in [3.05, 3.63) is 29.7 Å². The van der Waals surface area contributed by atoms with Gasteiger partial charge in [-0.1, -0.05) is 11.6 Å². The Balaban J connectivity index is 1.85. The molecule has 1 saturated heterocycles. The Kier molecular flexibility index (Phi) is 4.94. The number of aromatic nitrogens is 3. The number of hydrogen-bond acceptors (Lipinski definition) is 6. The van der Waals surface area contributed by atoms with Crippen LogP contribution in [0.2, 0.25) is 5.15 Å². The molecule has 0 atom stereocenters. The first kappa shape index (κ1) is 19.6. The molecule has 0 N–H and O–H groups in total. The van der Waals surface area contributed by atoms with Gasteiger partial charge in [-0.3, -0.25) is 0 Å². The van der Waals surface area contributed by atoms with Gasteiger partial charge >= 0.3 is 6.09 Å². The molecule has 3 heterocycles. The molecule has 0 unspecified atom stereocenters. The summed E-state index contributed by atoms with van der Waals surface area (Å²) in [4.78, 5) is 34.7. The van der Waals surface area contributed by atoms with E-state index in [1.165, 1.54) is 10.9 Å². The number of fused-ring (bicyclic) bond motifs is 3. The number of hydrogen-bond donors (Lipinski definition) is 0. The Hall–Kier alpha value is -2.67. The van der Waals surface area contributed by atoms with E-state index in [1.54, 1.807) is 0 Å². The largest absolute Gasteiger partial charge is 0.443 e. The van der Waals surface area contributed by atoms with Gasteiger partial charge in [0.05, 0.1) is 10.9 Å². The van der Waals surface area contributed by atoms with Gasteiger partial charge in [-0.2, -0.15) is 0 Å². The number of ether oxygens (including phenoxy) is 1. The zero-order chi connectivity index (χ0) is 20.8. The second kappa shape index (κ2) is 7.30. The quantitative estimate of drug-likeness (QED) is 0.455. The highest BCUT2D eigenvalue weighted by Gasteiger charge is 2.26. The zero-order valence-corrected chi connectivity index (χ0v) is 17.4. The first-order valence-corrected chi connectivity index (χ1v) is 10.0. The van der Waals surface area contributed by atoms with Gasteiger partial charge in [0.15, 0.2) is 5.65 Å². The van der Waals surface area contributed by atoms with Crippen LogP contribution in [0.3, 0.4) is 0 Å². The molecular formula is C21H23ClN4O3. The molecule has 1 aliphatic heterocycles. The number of halogens is 1. The van der Waals surface area contributed by atoms with Crippen molar-refractivity contribution in [2.24, 2.45) is 5.92 Å². The Morgan fingerprint density at radius 3 is 2.62 bits per heavy atom. The molecule has 0 saturated carbocycles. The van der Waals surface area contributed by atoms with Crippen LogP contribution in [0.15, 0.2) is 24.5 Å². The molecule has 7 nitrogen and oxygen atoms in total. The molecule has 0 spiro atoms. The van der Waals surface area contributed by atoms with Crippen LogP contribution in [-0.2, 0) is 9.53 Å². The molecule has 1 fully saturated rings. The topological polar surface area (TPSA) is 77.3 Å². The average molecular weight is 415 g/mol. The van der Waals surface area contributed by atoms with E-state index in [0.29, 0.717) is 21.7 Å². The average Bonchev–Trinajstić information content (AvgIpc) is 3.01. The molecule has 152 valence electrons. The van der Waals surface area contributed by atoms with Crippen LogP contribution in [-0.4, -0.2) is 45.6 Å². The van der Waals surface area contributed by atoms with Crippen molar-refractivity contribution in [3.8, 4) is 0 Å². The molecule has 0 amide bonds. The van der Waals surface area contributed by atoms with E-state index in [0.717, 1.165) is 43.3 Å². The number of nitrogens with zero attached hydrogens (tertiary/aromatic N) is 4. The van der Waals surface area contributed by atoms with Crippen molar-refractivity contribution in [3.63, 3.8) is 0 Å². The summed E-state index contributed by atoms with van der Waals surface area (Å²) in [6, 6.07) is 5.90. The lowest BCUT2D eigenvalue weighted by atomic mass is 9.98. The van der Waals surface area contributed by atoms with Crippen LogP contribution in [0.4, 0.5) is 10.5 Å². The molecule has 0 bridgehead atoms. The standard InChI is InChI=1S/C21H23ClN4O3/c1-21(2,3)29-20(28)26-16-10-14(25-8-6-13(11-27)7-9-25)4-5-15(16)17-18(22)23-12-24-19(17)26/h4-5,10-13H,6-9H2,1-3H3. The molecule has 0 aliphatic carbocycles. The van der Waals surface area contributed by atoms with Crippen molar-refractivity contribution >= 4 is 51.6 Å². The fraction of sp³-hybridized carbons (Fsp3) is 0.429. The van der Waals surface area contributed by atoms with Crippen LogP contribution in [0.5, 0.6) is 0 Å². The smallest absolute Gasteiger partial charge is 0.420 e. The number of carbonyl (C=O) groups excluding carboxylic acids is 2. The van der Waals surface area contributed by atoms with Gasteiger partial charge in [-0.15, -0.1) is 0 Å². The molecule has 8 heteroatoms. The van der Waals surface area contributed by atoms with E-state index >= 15 is 0 Å². The number of piperidine rings is 1. The van der Waals surface area contributed by atoms with Crippen LogP contribution in [0.1, 0.15) is 33.6 Å². The molecule has 1 aromatic carbocycles. The highest BCUT2D eigenvalue weighted by atomic mass is 35.5. The lowest BCUT2D eigenvalue weighted by molar-refractivity contribution is -0.111. The molecule has 2 aromatic heterocycles. The molecule has 1 aliphatic rings. The van der Waals surface area contributed by atoms with Crippen LogP contribution >= 0.6 is 11.6 Å². The first-order valence-electron chi connectivity index (χ1n) is 9.67. The number of aldehydes is 1. The predicted molar refractivity (Wildman–Crippen MR) is 113 cm³/mol. The summed E-state index contributed by atoms with van der Waals surface area (Å²) < 4.78 is 7.08. The fourth-order valence-electron chi connectivity index (χ4n) is 3.77. The third kappa shape index (κ3) is 3.67. The highest BCUT2D eigenvalue weighted by molar-refractivity contribution is 6.37. The van der Waals surface area contributed by atoms with E-state index in [-0.39, 0.29) is 5.92 Å². The minimum absolute atomic E-state index is 0.122. The summed E-state index contributed by atoms with van der Waals surface area (Å²) >= 11 is 6.35. The summed E-state index contributed by atoms with van der Waals surface area (Å²) in [5, 5.41) is 1.71. The third-order valence-electron chi connectivity index (χ3n) is 5.16. The second-order valence-corrected chi connectivity index (χ2v) is 8.70. The third-order valence-corrected chi connectivity index (χ3v) is 5.44. The molecule has 29 heavy (non-hydrogen) atoms. The lowest BCUT2D eigenvalue weighted by Crippen LogP contribution is -2.34. The normalized spacial score (nSPS) is 15.8. The molecule has 4 rings (SSSR count). The van der Waals surface area contributed by atoms with Crippen LogP contribution in [0, 0.1) is 5.92 Å². The maximum Gasteiger partial charge on any atom is 0.420 e. The van der Waals surface area contributed by atoms with Crippen molar-refractivity contribution in [2.75, 3.05) is 18.0 Å². The van der Waals surface area contributed by atoms with Gasteiger partial charge in [0.1, 0.15) is 23.4 Å². The van der Waals surface area contributed by atoms with E-state index in [4.69, 9.17) is 16.3 Å².